The lowest BCUT2D eigenvalue weighted by molar-refractivity contribution is 0.0715. The molecule has 0 radical (unpaired) electrons. The first-order valence-corrected chi connectivity index (χ1v) is 7.12. The molecule has 0 atom stereocenters. The van der Waals surface area contributed by atoms with Crippen molar-refractivity contribution in [2.75, 3.05) is 26.2 Å². The Hall–Kier alpha value is -1.36. The second-order valence-electron chi connectivity index (χ2n) is 5.33. The largest absolute Gasteiger partial charge is 0.337 e. The van der Waals surface area contributed by atoms with Crippen LogP contribution in [0.3, 0.4) is 0 Å². The molecule has 1 amide bonds. The predicted octanol–water partition coefficient (Wildman–Crippen LogP) is 1.19. The first kappa shape index (κ1) is 14.1. The third kappa shape index (κ3) is 3.35. The SMILES string of the molecule is CCN(CC1CCNCC1)C(=O)c1cc(C)nn1C. The van der Waals surface area contributed by atoms with Gasteiger partial charge in [-0.1, -0.05) is 0 Å². The molecule has 5 nitrogen and oxygen atoms in total. The van der Waals surface area contributed by atoms with Crippen molar-refractivity contribution in [2.24, 2.45) is 13.0 Å². The molecule has 1 aliphatic rings. The molecular weight excluding hydrogens is 240 g/mol. The number of rotatable bonds is 4. The Kier molecular flexibility index (Phi) is 4.58. The van der Waals surface area contributed by atoms with Gasteiger partial charge in [-0.15, -0.1) is 0 Å². The van der Waals surface area contributed by atoms with Crippen molar-refractivity contribution in [1.82, 2.24) is 20.0 Å². The summed E-state index contributed by atoms with van der Waals surface area (Å²) in [6, 6.07) is 1.87. The molecule has 0 aliphatic carbocycles. The normalized spacial score (nSPS) is 16.6. The van der Waals surface area contributed by atoms with Crippen LogP contribution >= 0.6 is 0 Å². The van der Waals surface area contributed by atoms with Crippen LogP contribution in [0, 0.1) is 12.8 Å². The number of hydrogen-bond acceptors (Lipinski definition) is 3. The molecule has 0 spiro atoms. The minimum atomic E-state index is 0.101. The lowest BCUT2D eigenvalue weighted by atomic mass is 9.97. The van der Waals surface area contributed by atoms with Crippen molar-refractivity contribution in [2.45, 2.75) is 26.7 Å². The third-order valence-corrected chi connectivity index (χ3v) is 3.83. The van der Waals surface area contributed by atoms with Gasteiger partial charge in [-0.05, 0) is 51.8 Å². The topological polar surface area (TPSA) is 50.2 Å². The standard InChI is InChI=1S/C14H24N4O/c1-4-18(10-12-5-7-15-8-6-12)14(19)13-9-11(2)16-17(13)3/h9,12,15H,4-8,10H2,1-3H3. The Morgan fingerprint density at radius 1 is 1.53 bits per heavy atom. The minimum Gasteiger partial charge on any atom is -0.337 e. The summed E-state index contributed by atoms with van der Waals surface area (Å²) in [5.74, 6) is 0.726. The fourth-order valence-corrected chi connectivity index (χ4v) is 2.70. The van der Waals surface area contributed by atoms with Gasteiger partial charge >= 0.3 is 0 Å². The van der Waals surface area contributed by atoms with Gasteiger partial charge in [0.1, 0.15) is 5.69 Å². The zero-order valence-corrected chi connectivity index (χ0v) is 12.1. The highest BCUT2D eigenvalue weighted by Gasteiger charge is 2.22. The van der Waals surface area contributed by atoms with E-state index in [1.807, 2.05) is 31.9 Å². The van der Waals surface area contributed by atoms with E-state index in [1.54, 1.807) is 4.68 Å². The van der Waals surface area contributed by atoms with Crippen molar-refractivity contribution in [3.63, 3.8) is 0 Å². The average Bonchev–Trinajstić information content (AvgIpc) is 2.75. The second-order valence-corrected chi connectivity index (χ2v) is 5.33. The summed E-state index contributed by atoms with van der Waals surface area (Å²) in [5.41, 5.74) is 1.58. The summed E-state index contributed by atoms with van der Waals surface area (Å²) in [6.45, 7) is 7.72. The van der Waals surface area contributed by atoms with E-state index in [1.165, 1.54) is 0 Å². The fraction of sp³-hybridized carbons (Fsp3) is 0.714. The molecule has 1 aromatic heterocycles. The molecule has 1 saturated heterocycles. The van der Waals surface area contributed by atoms with E-state index in [9.17, 15) is 4.79 Å². The van der Waals surface area contributed by atoms with Gasteiger partial charge in [0.2, 0.25) is 0 Å². The van der Waals surface area contributed by atoms with Gasteiger partial charge < -0.3 is 10.2 Å². The first-order valence-electron chi connectivity index (χ1n) is 7.12. The van der Waals surface area contributed by atoms with Crippen LogP contribution in [0.1, 0.15) is 35.9 Å². The molecular formula is C14H24N4O. The maximum absolute atomic E-state index is 12.5. The van der Waals surface area contributed by atoms with Crippen LogP contribution in [-0.4, -0.2) is 46.8 Å². The van der Waals surface area contributed by atoms with Crippen LogP contribution in [0.2, 0.25) is 0 Å². The summed E-state index contributed by atoms with van der Waals surface area (Å²) < 4.78 is 1.68. The molecule has 1 fully saturated rings. The van der Waals surface area contributed by atoms with Crippen LogP contribution in [0.25, 0.3) is 0 Å². The van der Waals surface area contributed by atoms with Gasteiger partial charge in [-0.25, -0.2) is 0 Å². The van der Waals surface area contributed by atoms with Crippen LogP contribution in [0.15, 0.2) is 6.07 Å². The van der Waals surface area contributed by atoms with Gasteiger partial charge in [0.25, 0.3) is 5.91 Å². The molecule has 1 N–H and O–H groups in total. The molecule has 5 heteroatoms. The van der Waals surface area contributed by atoms with Crippen molar-refractivity contribution < 1.29 is 4.79 Å². The van der Waals surface area contributed by atoms with Crippen molar-refractivity contribution in [1.29, 1.82) is 0 Å². The van der Waals surface area contributed by atoms with E-state index >= 15 is 0 Å². The molecule has 2 rings (SSSR count). The summed E-state index contributed by atoms with van der Waals surface area (Å²) in [6.07, 6.45) is 2.32. The molecule has 1 aromatic rings. The summed E-state index contributed by atoms with van der Waals surface area (Å²) in [7, 11) is 1.83. The van der Waals surface area contributed by atoms with E-state index in [-0.39, 0.29) is 5.91 Å². The van der Waals surface area contributed by atoms with Crippen molar-refractivity contribution >= 4 is 5.91 Å². The number of aromatic nitrogens is 2. The number of hydrogen-bond donors (Lipinski definition) is 1. The Bertz CT molecular complexity index is 435. The van der Waals surface area contributed by atoms with Gasteiger partial charge in [0, 0.05) is 20.1 Å². The van der Waals surface area contributed by atoms with Gasteiger partial charge in [0.15, 0.2) is 0 Å². The van der Waals surface area contributed by atoms with Crippen molar-refractivity contribution in [3.8, 4) is 0 Å². The number of aryl methyl sites for hydroxylation is 2. The van der Waals surface area contributed by atoms with E-state index in [4.69, 9.17) is 0 Å². The molecule has 0 bridgehead atoms. The fourth-order valence-electron chi connectivity index (χ4n) is 2.70. The smallest absolute Gasteiger partial charge is 0.272 e. The number of carbonyl (C=O) groups is 1. The van der Waals surface area contributed by atoms with E-state index < -0.39 is 0 Å². The number of nitrogens with one attached hydrogen (secondary N) is 1. The van der Waals surface area contributed by atoms with Crippen LogP contribution in [0.5, 0.6) is 0 Å². The summed E-state index contributed by atoms with van der Waals surface area (Å²) in [5, 5.41) is 7.62. The number of nitrogens with zero attached hydrogens (tertiary/aromatic N) is 3. The zero-order valence-electron chi connectivity index (χ0n) is 12.1. The third-order valence-electron chi connectivity index (χ3n) is 3.83. The lowest BCUT2D eigenvalue weighted by Gasteiger charge is -2.29. The highest BCUT2D eigenvalue weighted by atomic mass is 16.2. The number of piperidine rings is 1. The number of amides is 1. The quantitative estimate of drug-likeness (QED) is 0.888. The molecule has 0 unspecified atom stereocenters. The monoisotopic (exact) mass is 264 g/mol. The van der Waals surface area contributed by atoms with E-state index in [0.717, 1.165) is 44.7 Å². The Labute approximate surface area is 115 Å². The highest BCUT2D eigenvalue weighted by Crippen LogP contribution is 2.15. The van der Waals surface area contributed by atoms with Gasteiger partial charge in [-0.3, -0.25) is 9.48 Å². The summed E-state index contributed by atoms with van der Waals surface area (Å²) >= 11 is 0. The highest BCUT2D eigenvalue weighted by molar-refractivity contribution is 5.92. The van der Waals surface area contributed by atoms with Crippen LogP contribution in [0.4, 0.5) is 0 Å². The lowest BCUT2D eigenvalue weighted by Crippen LogP contribution is -2.39. The van der Waals surface area contributed by atoms with Crippen LogP contribution < -0.4 is 5.32 Å². The molecule has 1 aliphatic heterocycles. The van der Waals surface area contributed by atoms with E-state index in [2.05, 4.69) is 10.4 Å². The second kappa shape index (κ2) is 6.19. The van der Waals surface area contributed by atoms with Gasteiger partial charge in [0.05, 0.1) is 5.69 Å². The maximum atomic E-state index is 12.5. The molecule has 106 valence electrons. The Morgan fingerprint density at radius 3 is 2.74 bits per heavy atom. The minimum absolute atomic E-state index is 0.101. The van der Waals surface area contributed by atoms with Gasteiger partial charge in [-0.2, -0.15) is 5.10 Å². The Morgan fingerprint density at radius 2 is 2.21 bits per heavy atom. The molecule has 19 heavy (non-hydrogen) atoms. The first-order chi connectivity index (χ1) is 9.11. The van der Waals surface area contributed by atoms with E-state index in [0.29, 0.717) is 11.6 Å². The predicted molar refractivity (Wildman–Crippen MR) is 75.1 cm³/mol. The molecule has 0 saturated carbocycles. The summed E-state index contributed by atoms with van der Waals surface area (Å²) in [4.78, 5) is 14.5. The van der Waals surface area contributed by atoms with Crippen LogP contribution in [-0.2, 0) is 7.05 Å². The Balaban J connectivity index is 2.04. The molecule has 0 aromatic carbocycles. The zero-order chi connectivity index (χ0) is 13.8. The average molecular weight is 264 g/mol. The maximum Gasteiger partial charge on any atom is 0.272 e. The number of carbonyl (C=O) groups excluding carboxylic acids is 1. The van der Waals surface area contributed by atoms with Crippen molar-refractivity contribution in [3.05, 3.63) is 17.5 Å². The molecule has 2 heterocycles.